The van der Waals surface area contributed by atoms with E-state index in [4.69, 9.17) is 23.2 Å². The first-order valence-corrected chi connectivity index (χ1v) is 7.35. The molecule has 0 aliphatic heterocycles. The van der Waals surface area contributed by atoms with Gasteiger partial charge in [0.2, 0.25) is 5.91 Å². The predicted molar refractivity (Wildman–Crippen MR) is 81.9 cm³/mol. The molecule has 1 aromatic heterocycles. The highest BCUT2D eigenvalue weighted by Crippen LogP contribution is 2.14. The maximum atomic E-state index is 12.0. The zero-order valence-corrected chi connectivity index (χ0v) is 13.9. The second-order valence-corrected chi connectivity index (χ2v) is 5.51. The van der Waals surface area contributed by atoms with Gasteiger partial charge in [0.1, 0.15) is 17.6 Å². The van der Waals surface area contributed by atoms with Gasteiger partial charge in [0.05, 0.1) is 18.3 Å². The van der Waals surface area contributed by atoms with Crippen LogP contribution in [0.3, 0.4) is 0 Å². The van der Waals surface area contributed by atoms with E-state index in [1.165, 1.54) is 13.3 Å². The number of nitrogens with zero attached hydrogens (tertiary/aromatic N) is 2. The summed E-state index contributed by atoms with van der Waals surface area (Å²) in [5.41, 5.74) is -0.678. The number of hydrogen-bond acceptors (Lipinski definition) is 5. The summed E-state index contributed by atoms with van der Waals surface area (Å²) < 4.78 is 5.54. The van der Waals surface area contributed by atoms with Crippen LogP contribution in [0.5, 0.6) is 0 Å². The first-order valence-electron chi connectivity index (χ1n) is 6.60. The van der Waals surface area contributed by atoms with Gasteiger partial charge in [-0.15, -0.1) is 0 Å². The maximum absolute atomic E-state index is 12.0. The molecule has 1 aromatic rings. The van der Waals surface area contributed by atoms with Crippen molar-refractivity contribution >= 4 is 35.1 Å². The SMILES string of the molecule is CC[C@H](C)[C@H](NC(=O)Cn1ncc(Cl)c(Cl)c1=O)C(=O)OC. The third-order valence-corrected chi connectivity index (χ3v) is 3.97. The van der Waals surface area contributed by atoms with E-state index in [2.05, 4.69) is 15.2 Å². The van der Waals surface area contributed by atoms with E-state index in [1.54, 1.807) is 0 Å². The molecule has 122 valence electrons. The van der Waals surface area contributed by atoms with Gasteiger partial charge in [0.15, 0.2) is 0 Å². The molecule has 9 heteroatoms. The zero-order chi connectivity index (χ0) is 16.9. The van der Waals surface area contributed by atoms with Gasteiger partial charge in [-0.05, 0) is 5.92 Å². The Morgan fingerprint density at radius 2 is 2.09 bits per heavy atom. The maximum Gasteiger partial charge on any atom is 0.328 e. The molecule has 1 amide bonds. The van der Waals surface area contributed by atoms with Crippen molar-refractivity contribution < 1.29 is 14.3 Å². The molecule has 7 nitrogen and oxygen atoms in total. The molecule has 0 aliphatic rings. The summed E-state index contributed by atoms with van der Waals surface area (Å²) in [6.45, 7) is 3.32. The van der Waals surface area contributed by atoms with E-state index in [9.17, 15) is 14.4 Å². The summed E-state index contributed by atoms with van der Waals surface area (Å²) in [7, 11) is 1.24. The molecule has 0 spiro atoms. The van der Waals surface area contributed by atoms with E-state index in [0.29, 0.717) is 6.42 Å². The monoisotopic (exact) mass is 349 g/mol. The Morgan fingerprint density at radius 3 is 2.64 bits per heavy atom. The number of methoxy groups -OCH3 is 1. The topological polar surface area (TPSA) is 90.3 Å². The standard InChI is InChI=1S/C13H17Cl2N3O4/c1-4-7(2)11(13(21)22-3)17-9(19)6-18-12(20)10(15)8(14)5-16-18/h5,7,11H,4,6H2,1-3H3,(H,17,19)/t7-,11-/m0/s1. The van der Waals surface area contributed by atoms with Crippen molar-refractivity contribution in [2.75, 3.05) is 7.11 Å². The van der Waals surface area contributed by atoms with Crippen molar-refractivity contribution in [3.63, 3.8) is 0 Å². The van der Waals surface area contributed by atoms with Gasteiger partial charge in [-0.25, -0.2) is 9.48 Å². The number of carbonyl (C=O) groups is 2. The van der Waals surface area contributed by atoms with Gasteiger partial charge in [-0.3, -0.25) is 9.59 Å². The number of amides is 1. The number of hydrogen-bond donors (Lipinski definition) is 1. The summed E-state index contributed by atoms with van der Waals surface area (Å²) in [6.07, 6.45) is 1.84. The number of esters is 1. The molecular weight excluding hydrogens is 333 g/mol. The van der Waals surface area contributed by atoms with Crippen LogP contribution in [0.25, 0.3) is 0 Å². The van der Waals surface area contributed by atoms with Gasteiger partial charge < -0.3 is 10.1 Å². The molecule has 22 heavy (non-hydrogen) atoms. The molecule has 0 unspecified atom stereocenters. The first-order chi connectivity index (χ1) is 10.3. The van der Waals surface area contributed by atoms with Crippen LogP contribution < -0.4 is 10.9 Å². The smallest absolute Gasteiger partial charge is 0.328 e. The second kappa shape index (κ2) is 8.14. The molecule has 0 bridgehead atoms. The number of rotatable bonds is 6. The number of aromatic nitrogens is 2. The summed E-state index contributed by atoms with van der Waals surface area (Å²) in [6, 6.07) is -0.791. The predicted octanol–water partition coefficient (Wildman–Crippen LogP) is 1.25. The minimum absolute atomic E-state index is 0.00960. The van der Waals surface area contributed by atoms with Crippen molar-refractivity contribution in [3.8, 4) is 0 Å². The fourth-order valence-corrected chi connectivity index (χ4v) is 1.98. The van der Waals surface area contributed by atoms with Crippen LogP contribution in [0.15, 0.2) is 11.0 Å². The highest BCUT2D eigenvalue weighted by molar-refractivity contribution is 6.41. The molecule has 0 saturated carbocycles. The highest BCUT2D eigenvalue weighted by Gasteiger charge is 2.26. The number of ether oxygens (including phenoxy) is 1. The van der Waals surface area contributed by atoms with Gasteiger partial charge in [-0.2, -0.15) is 5.10 Å². The minimum atomic E-state index is -0.791. The van der Waals surface area contributed by atoms with E-state index in [-0.39, 0.29) is 22.5 Å². The molecule has 1 rings (SSSR count). The van der Waals surface area contributed by atoms with E-state index < -0.39 is 23.5 Å². The lowest BCUT2D eigenvalue weighted by Gasteiger charge is -2.21. The average molecular weight is 350 g/mol. The number of halogens is 2. The van der Waals surface area contributed by atoms with Crippen LogP contribution >= 0.6 is 23.2 Å². The molecule has 0 aliphatic carbocycles. The summed E-state index contributed by atoms with van der Waals surface area (Å²) >= 11 is 11.4. The second-order valence-electron chi connectivity index (χ2n) is 4.72. The molecule has 0 fully saturated rings. The Bertz CT molecular complexity index is 618. The molecule has 1 N–H and O–H groups in total. The lowest BCUT2D eigenvalue weighted by molar-refractivity contribution is -0.146. The molecule has 0 radical (unpaired) electrons. The number of nitrogens with one attached hydrogen (secondary N) is 1. The van der Waals surface area contributed by atoms with Crippen molar-refractivity contribution in [2.24, 2.45) is 5.92 Å². The lowest BCUT2D eigenvalue weighted by atomic mass is 9.99. The van der Waals surface area contributed by atoms with Crippen LogP contribution in [0.4, 0.5) is 0 Å². The third-order valence-electron chi connectivity index (χ3n) is 3.22. The summed E-state index contributed by atoms with van der Waals surface area (Å²) in [5.74, 6) is -1.21. The van der Waals surface area contributed by atoms with Crippen molar-refractivity contribution in [3.05, 3.63) is 26.6 Å². The Morgan fingerprint density at radius 1 is 1.45 bits per heavy atom. The highest BCUT2D eigenvalue weighted by atomic mass is 35.5. The zero-order valence-electron chi connectivity index (χ0n) is 12.4. The summed E-state index contributed by atoms with van der Waals surface area (Å²) in [5, 5.41) is 6.06. The molecule has 0 aromatic carbocycles. The van der Waals surface area contributed by atoms with Crippen molar-refractivity contribution in [1.82, 2.24) is 15.1 Å². The van der Waals surface area contributed by atoms with Crippen LogP contribution in [0.1, 0.15) is 20.3 Å². The van der Waals surface area contributed by atoms with Crippen LogP contribution in [-0.2, 0) is 20.9 Å². The van der Waals surface area contributed by atoms with Crippen molar-refractivity contribution in [1.29, 1.82) is 0 Å². The largest absolute Gasteiger partial charge is 0.467 e. The van der Waals surface area contributed by atoms with Gasteiger partial charge in [-0.1, -0.05) is 43.5 Å². The Balaban J connectivity index is 2.86. The molecule has 0 saturated heterocycles. The fraction of sp³-hybridized carbons (Fsp3) is 0.538. The minimum Gasteiger partial charge on any atom is -0.467 e. The van der Waals surface area contributed by atoms with Gasteiger partial charge in [0.25, 0.3) is 5.56 Å². The van der Waals surface area contributed by atoms with Gasteiger partial charge in [0, 0.05) is 0 Å². The van der Waals surface area contributed by atoms with Crippen LogP contribution in [-0.4, -0.2) is 34.8 Å². The normalized spacial score (nSPS) is 13.3. The van der Waals surface area contributed by atoms with Crippen LogP contribution in [0, 0.1) is 5.92 Å². The molecule has 1 heterocycles. The first kappa shape index (κ1) is 18.4. The molecular formula is C13H17Cl2N3O4. The Kier molecular flexibility index (Phi) is 6.83. The lowest BCUT2D eigenvalue weighted by Crippen LogP contribution is -2.47. The number of carbonyl (C=O) groups excluding carboxylic acids is 2. The van der Waals surface area contributed by atoms with E-state index in [1.807, 2.05) is 13.8 Å². The van der Waals surface area contributed by atoms with E-state index in [0.717, 1.165) is 4.68 Å². The summed E-state index contributed by atoms with van der Waals surface area (Å²) in [4.78, 5) is 35.5. The van der Waals surface area contributed by atoms with E-state index >= 15 is 0 Å². The average Bonchev–Trinajstić information content (AvgIpc) is 2.51. The fourth-order valence-electron chi connectivity index (χ4n) is 1.71. The quantitative estimate of drug-likeness (QED) is 0.780. The Labute approximate surface area is 137 Å². The van der Waals surface area contributed by atoms with Crippen LogP contribution in [0.2, 0.25) is 10.0 Å². The molecule has 2 atom stereocenters. The van der Waals surface area contributed by atoms with Gasteiger partial charge >= 0.3 is 5.97 Å². The third kappa shape index (κ3) is 4.45. The Hall–Kier alpha value is -1.60. The van der Waals surface area contributed by atoms with Crippen molar-refractivity contribution in [2.45, 2.75) is 32.9 Å².